The predicted octanol–water partition coefficient (Wildman–Crippen LogP) is 4.29. The predicted molar refractivity (Wildman–Crippen MR) is 113 cm³/mol. The maximum atomic E-state index is 12.3. The molecule has 0 spiro atoms. The van der Waals surface area contributed by atoms with Crippen LogP contribution >= 0.6 is 12.2 Å². The number of benzene rings is 2. The van der Waals surface area contributed by atoms with Crippen LogP contribution in [0.15, 0.2) is 73.8 Å². The van der Waals surface area contributed by atoms with Crippen LogP contribution in [0.3, 0.4) is 0 Å². The summed E-state index contributed by atoms with van der Waals surface area (Å²) in [6.45, 7) is 8.53. The third-order valence-electron chi connectivity index (χ3n) is 3.63. The van der Waals surface area contributed by atoms with Crippen molar-refractivity contribution in [2.45, 2.75) is 0 Å². The smallest absolute Gasteiger partial charge is 0.265 e. The van der Waals surface area contributed by atoms with Crippen molar-refractivity contribution in [3.05, 3.63) is 79.4 Å². The molecule has 1 N–H and O–H groups in total. The Bertz CT molecular complexity index is 791. The first-order chi connectivity index (χ1) is 13.1. The Labute approximate surface area is 164 Å². The van der Waals surface area contributed by atoms with Crippen molar-refractivity contribution >= 4 is 29.0 Å². The summed E-state index contributed by atoms with van der Waals surface area (Å²) in [6.07, 6.45) is 3.48. The van der Waals surface area contributed by atoms with E-state index in [1.165, 1.54) is 0 Å². The second-order valence-electron chi connectivity index (χ2n) is 5.56. The van der Waals surface area contributed by atoms with E-state index in [1.54, 1.807) is 67.8 Å². The SMILES string of the molecule is C=CCN(CC=C)C(=S)Oc1ccc(C(=O)Nc2ccc(OC)cc2)cc1. The van der Waals surface area contributed by atoms with Crippen molar-refractivity contribution < 1.29 is 14.3 Å². The van der Waals surface area contributed by atoms with Crippen molar-refractivity contribution in [2.75, 3.05) is 25.5 Å². The number of carbonyl (C=O) groups excluding carboxylic acids is 1. The molecule has 27 heavy (non-hydrogen) atoms. The van der Waals surface area contributed by atoms with Gasteiger partial charge in [0.15, 0.2) is 0 Å². The van der Waals surface area contributed by atoms with Crippen LogP contribution in [0, 0.1) is 0 Å². The largest absolute Gasteiger partial charge is 0.497 e. The number of rotatable bonds is 8. The second-order valence-corrected chi connectivity index (χ2v) is 5.91. The van der Waals surface area contributed by atoms with Crippen molar-refractivity contribution in [1.29, 1.82) is 0 Å². The molecule has 5 nitrogen and oxygen atoms in total. The van der Waals surface area contributed by atoms with E-state index in [0.29, 0.717) is 35.3 Å². The second kappa shape index (κ2) is 10.1. The number of thiocarbonyl (C=S) groups is 1. The fourth-order valence-electron chi connectivity index (χ4n) is 2.25. The minimum Gasteiger partial charge on any atom is -0.497 e. The molecule has 2 rings (SSSR count). The van der Waals surface area contributed by atoms with E-state index < -0.39 is 0 Å². The molecule has 0 bridgehead atoms. The Morgan fingerprint density at radius 2 is 1.59 bits per heavy atom. The molecule has 0 saturated heterocycles. The van der Waals surface area contributed by atoms with Gasteiger partial charge in [-0.2, -0.15) is 0 Å². The highest BCUT2D eigenvalue weighted by Gasteiger charge is 2.10. The summed E-state index contributed by atoms with van der Waals surface area (Å²) in [5, 5.41) is 3.15. The van der Waals surface area contributed by atoms with Crippen molar-refractivity contribution in [2.24, 2.45) is 0 Å². The Kier molecular flexibility index (Phi) is 7.58. The molecule has 0 heterocycles. The van der Waals surface area contributed by atoms with Crippen molar-refractivity contribution in [1.82, 2.24) is 4.90 Å². The molecule has 0 aliphatic carbocycles. The third kappa shape index (κ3) is 5.97. The fraction of sp³-hybridized carbons (Fsp3) is 0.143. The normalized spacial score (nSPS) is 9.81. The minimum atomic E-state index is -0.214. The van der Waals surface area contributed by atoms with Crippen LogP contribution < -0.4 is 14.8 Å². The first-order valence-electron chi connectivity index (χ1n) is 8.31. The summed E-state index contributed by atoms with van der Waals surface area (Å²) in [7, 11) is 1.59. The van der Waals surface area contributed by atoms with Gasteiger partial charge in [-0.25, -0.2) is 0 Å². The molecular weight excluding hydrogens is 360 g/mol. The standard InChI is InChI=1S/C21H22N2O3S/c1-4-14-23(15-5-2)21(27)26-19-10-6-16(7-11-19)20(24)22-17-8-12-18(25-3)13-9-17/h4-13H,1-2,14-15H2,3H3,(H,22,24). The number of carbonyl (C=O) groups is 1. The molecule has 0 unspecified atom stereocenters. The number of ether oxygens (including phenoxy) is 2. The van der Waals surface area contributed by atoms with Crippen LogP contribution in [0.4, 0.5) is 5.69 Å². The van der Waals surface area contributed by atoms with Gasteiger partial charge in [0.25, 0.3) is 11.1 Å². The average molecular weight is 382 g/mol. The lowest BCUT2D eigenvalue weighted by Gasteiger charge is -2.21. The average Bonchev–Trinajstić information content (AvgIpc) is 2.69. The highest BCUT2D eigenvalue weighted by molar-refractivity contribution is 7.80. The van der Waals surface area contributed by atoms with Gasteiger partial charge in [0, 0.05) is 24.3 Å². The summed E-state index contributed by atoms with van der Waals surface area (Å²) in [5.41, 5.74) is 1.20. The fourth-order valence-corrected chi connectivity index (χ4v) is 2.50. The van der Waals surface area contributed by atoms with E-state index in [0.717, 1.165) is 5.75 Å². The lowest BCUT2D eigenvalue weighted by molar-refractivity contribution is 0.102. The Balaban J connectivity index is 1.98. The molecule has 2 aromatic rings. The first kappa shape index (κ1) is 20.2. The van der Waals surface area contributed by atoms with Gasteiger partial charge in [-0.3, -0.25) is 4.79 Å². The summed E-state index contributed by atoms with van der Waals surface area (Å²) in [4.78, 5) is 14.2. The molecule has 0 aliphatic heterocycles. The molecule has 0 aliphatic rings. The Morgan fingerprint density at radius 3 is 2.11 bits per heavy atom. The van der Waals surface area contributed by atoms with Gasteiger partial charge < -0.3 is 19.7 Å². The van der Waals surface area contributed by atoms with E-state index in [9.17, 15) is 4.79 Å². The van der Waals surface area contributed by atoms with Gasteiger partial charge in [-0.1, -0.05) is 12.2 Å². The lowest BCUT2D eigenvalue weighted by Crippen LogP contribution is -2.33. The molecule has 6 heteroatoms. The van der Waals surface area contributed by atoms with Gasteiger partial charge in [0.1, 0.15) is 11.5 Å². The van der Waals surface area contributed by atoms with Crippen LogP contribution in [0.2, 0.25) is 0 Å². The molecule has 2 aromatic carbocycles. The first-order valence-corrected chi connectivity index (χ1v) is 8.72. The number of amides is 1. The highest BCUT2D eigenvalue weighted by atomic mass is 32.1. The molecular formula is C21H22N2O3S. The zero-order chi connectivity index (χ0) is 19.6. The monoisotopic (exact) mass is 382 g/mol. The number of hydrogen-bond acceptors (Lipinski definition) is 4. The Morgan fingerprint density at radius 1 is 1.04 bits per heavy atom. The Hall–Kier alpha value is -3.12. The molecule has 0 aromatic heterocycles. The number of hydrogen-bond donors (Lipinski definition) is 1. The summed E-state index contributed by atoms with van der Waals surface area (Å²) >= 11 is 5.30. The molecule has 1 amide bonds. The summed E-state index contributed by atoms with van der Waals surface area (Å²) < 4.78 is 10.8. The molecule has 0 saturated carbocycles. The van der Waals surface area contributed by atoms with Crippen LogP contribution in [0.1, 0.15) is 10.4 Å². The molecule has 0 radical (unpaired) electrons. The van der Waals surface area contributed by atoms with E-state index in [2.05, 4.69) is 18.5 Å². The van der Waals surface area contributed by atoms with Gasteiger partial charge in [-0.05, 0) is 60.7 Å². The minimum absolute atomic E-state index is 0.214. The summed E-state index contributed by atoms with van der Waals surface area (Å²) in [5.74, 6) is 1.07. The topological polar surface area (TPSA) is 50.8 Å². The molecule has 140 valence electrons. The van der Waals surface area contributed by atoms with Gasteiger partial charge in [0.2, 0.25) is 0 Å². The van der Waals surface area contributed by atoms with Gasteiger partial charge >= 0.3 is 0 Å². The van der Waals surface area contributed by atoms with Gasteiger partial charge in [-0.15, -0.1) is 13.2 Å². The zero-order valence-corrected chi connectivity index (χ0v) is 16.0. The lowest BCUT2D eigenvalue weighted by atomic mass is 10.2. The van der Waals surface area contributed by atoms with Crippen molar-refractivity contribution in [3.8, 4) is 11.5 Å². The highest BCUT2D eigenvalue weighted by Crippen LogP contribution is 2.18. The van der Waals surface area contributed by atoms with Crippen LogP contribution in [0.25, 0.3) is 0 Å². The van der Waals surface area contributed by atoms with E-state index in [4.69, 9.17) is 21.7 Å². The van der Waals surface area contributed by atoms with E-state index >= 15 is 0 Å². The quantitative estimate of drug-likeness (QED) is 0.545. The molecule has 0 atom stereocenters. The van der Waals surface area contributed by atoms with Crippen LogP contribution in [-0.2, 0) is 0 Å². The number of nitrogens with zero attached hydrogens (tertiary/aromatic N) is 1. The van der Waals surface area contributed by atoms with E-state index in [-0.39, 0.29) is 5.91 Å². The number of nitrogens with one attached hydrogen (secondary N) is 1. The maximum Gasteiger partial charge on any atom is 0.265 e. The number of anilines is 1. The third-order valence-corrected chi connectivity index (χ3v) is 3.97. The maximum absolute atomic E-state index is 12.3. The zero-order valence-electron chi connectivity index (χ0n) is 15.2. The van der Waals surface area contributed by atoms with Crippen LogP contribution in [-0.4, -0.2) is 36.2 Å². The van der Waals surface area contributed by atoms with Gasteiger partial charge in [0.05, 0.1) is 7.11 Å². The summed E-state index contributed by atoms with van der Waals surface area (Å²) in [6, 6.07) is 13.9. The van der Waals surface area contributed by atoms with Crippen LogP contribution in [0.5, 0.6) is 11.5 Å². The number of methoxy groups -OCH3 is 1. The van der Waals surface area contributed by atoms with E-state index in [1.807, 2.05) is 4.90 Å². The molecule has 0 fully saturated rings. The van der Waals surface area contributed by atoms with Crippen molar-refractivity contribution in [3.63, 3.8) is 0 Å².